The molecule has 29 heavy (non-hydrogen) atoms. The smallest absolute Gasteiger partial charge is 0.228 e. The molecule has 6 nitrogen and oxygen atoms in total. The van der Waals surface area contributed by atoms with E-state index >= 15 is 0 Å². The fourth-order valence-corrected chi connectivity index (χ4v) is 3.34. The lowest BCUT2D eigenvalue weighted by atomic mass is 10.0. The predicted molar refractivity (Wildman–Crippen MR) is 113 cm³/mol. The van der Waals surface area contributed by atoms with Gasteiger partial charge in [0.1, 0.15) is 0 Å². The van der Waals surface area contributed by atoms with E-state index in [1.165, 1.54) is 0 Å². The molecular weight excluding hydrogens is 371 g/mol. The van der Waals surface area contributed by atoms with Crippen LogP contribution in [0.15, 0.2) is 24.0 Å². The van der Waals surface area contributed by atoms with Gasteiger partial charge in [-0.25, -0.2) is 13.9 Å². The molecule has 0 atom stereocenters. The van der Waals surface area contributed by atoms with Crippen molar-refractivity contribution in [3.63, 3.8) is 0 Å². The van der Waals surface area contributed by atoms with E-state index in [9.17, 15) is 9.18 Å². The van der Waals surface area contributed by atoms with Gasteiger partial charge in [0.15, 0.2) is 5.65 Å². The van der Waals surface area contributed by atoms with Gasteiger partial charge < -0.3 is 9.64 Å². The van der Waals surface area contributed by atoms with E-state index in [4.69, 9.17) is 9.84 Å². The van der Waals surface area contributed by atoms with Crippen LogP contribution in [-0.2, 0) is 16.0 Å². The zero-order valence-electron chi connectivity index (χ0n) is 18.3. The standard InChI is InChI=1S/C22H31FN4O2/c1-7-18(11-10-17(6)29-14-23)21-19(13-20(28)26(8-2)9-3)22-24-15(4)12-16(5)27(22)25-21/h10-12H,7-9,13-14H2,1-6H3/b17-10+,18-11+. The molecule has 0 bridgehead atoms. The lowest BCUT2D eigenvalue weighted by Gasteiger charge is -2.18. The van der Waals surface area contributed by atoms with E-state index in [2.05, 4.69) is 4.98 Å². The zero-order valence-corrected chi connectivity index (χ0v) is 18.3. The number of allylic oxidation sites excluding steroid dienone is 4. The number of hydrogen-bond donors (Lipinski definition) is 0. The third-order valence-electron chi connectivity index (χ3n) is 4.92. The van der Waals surface area contributed by atoms with Crippen molar-refractivity contribution in [3.05, 3.63) is 46.6 Å². The highest BCUT2D eigenvalue weighted by atomic mass is 19.1. The first-order valence-corrected chi connectivity index (χ1v) is 10.1. The summed E-state index contributed by atoms with van der Waals surface area (Å²) in [6, 6.07) is 1.97. The maximum atomic E-state index is 12.9. The lowest BCUT2D eigenvalue weighted by Crippen LogP contribution is -2.32. The average Bonchev–Trinajstić information content (AvgIpc) is 3.02. The summed E-state index contributed by atoms with van der Waals surface area (Å²) in [6.45, 7) is 12.0. The number of rotatable bonds is 9. The van der Waals surface area contributed by atoms with Gasteiger partial charge in [0, 0.05) is 30.0 Å². The molecule has 0 aliphatic carbocycles. The number of halogens is 1. The maximum absolute atomic E-state index is 12.9. The molecule has 0 aromatic carbocycles. The van der Waals surface area contributed by atoms with E-state index in [-0.39, 0.29) is 12.3 Å². The van der Waals surface area contributed by atoms with E-state index in [0.717, 1.165) is 28.2 Å². The normalized spacial score (nSPS) is 12.5. The molecule has 2 heterocycles. The third-order valence-corrected chi connectivity index (χ3v) is 4.92. The van der Waals surface area contributed by atoms with E-state index in [0.29, 0.717) is 30.9 Å². The van der Waals surface area contributed by atoms with Crippen molar-refractivity contribution in [2.75, 3.05) is 20.0 Å². The van der Waals surface area contributed by atoms with Gasteiger partial charge in [-0.2, -0.15) is 5.10 Å². The van der Waals surface area contributed by atoms with Crippen LogP contribution in [0, 0.1) is 13.8 Å². The number of likely N-dealkylation sites (N-methyl/N-ethyl adjacent to an activating group) is 1. The van der Waals surface area contributed by atoms with Crippen molar-refractivity contribution in [3.8, 4) is 0 Å². The van der Waals surface area contributed by atoms with Crippen molar-refractivity contribution in [1.82, 2.24) is 19.5 Å². The van der Waals surface area contributed by atoms with Crippen molar-refractivity contribution in [1.29, 1.82) is 0 Å². The van der Waals surface area contributed by atoms with Crippen LogP contribution < -0.4 is 0 Å². The van der Waals surface area contributed by atoms with Gasteiger partial charge in [0.25, 0.3) is 0 Å². The van der Waals surface area contributed by atoms with Gasteiger partial charge in [0.2, 0.25) is 12.8 Å². The number of hydrogen-bond acceptors (Lipinski definition) is 4. The number of aryl methyl sites for hydroxylation is 2. The first-order chi connectivity index (χ1) is 13.9. The fourth-order valence-electron chi connectivity index (χ4n) is 3.34. The van der Waals surface area contributed by atoms with Crippen LogP contribution in [0.4, 0.5) is 4.39 Å². The van der Waals surface area contributed by atoms with Crippen LogP contribution in [-0.4, -0.2) is 45.4 Å². The third kappa shape index (κ3) is 5.22. The SMILES string of the molecule is CC/C(=C\C=C(/C)OCF)c1nn2c(C)cc(C)nc2c1CC(=O)N(CC)CC. The molecule has 0 N–H and O–H groups in total. The molecule has 0 fully saturated rings. The first-order valence-electron chi connectivity index (χ1n) is 10.1. The van der Waals surface area contributed by atoms with Crippen molar-refractivity contribution >= 4 is 17.1 Å². The summed E-state index contributed by atoms with van der Waals surface area (Å²) >= 11 is 0. The largest absolute Gasteiger partial charge is 0.468 e. The van der Waals surface area contributed by atoms with Crippen LogP contribution in [0.2, 0.25) is 0 Å². The Hall–Kier alpha value is -2.70. The molecule has 0 aliphatic heterocycles. The molecule has 0 saturated carbocycles. The summed E-state index contributed by atoms with van der Waals surface area (Å²) in [4.78, 5) is 19.4. The minimum atomic E-state index is -0.863. The van der Waals surface area contributed by atoms with Gasteiger partial charge in [-0.05, 0) is 58.8 Å². The van der Waals surface area contributed by atoms with Gasteiger partial charge in [-0.3, -0.25) is 4.79 Å². The second-order valence-electron chi connectivity index (χ2n) is 6.92. The van der Waals surface area contributed by atoms with Crippen molar-refractivity contribution in [2.45, 2.75) is 54.4 Å². The Kier molecular flexibility index (Phi) is 7.93. The zero-order chi connectivity index (χ0) is 21.6. The Morgan fingerprint density at radius 1 is 1.24 bits per heavy atom. The molecule has 0 radical (unpaired) electrons. The highest BCUT2D eigenvalue weighted by molar-refractivity contribution is 5.84. The topological polar surface area (TPSA) is 59.7 Å². The van der Waals surface area contributed by atoms with Crippen LogP contribution in [0.1, 0.15) is 56.8 Å². The number of carbonyl (C=O) groups excluding carboxylic acids is 1. The highest BCUT2D eigenvalue weighted by Gasteiger charge is 2.22. The summed E-state index contributed by atoms with van der Waals surface area (Å²) in [5.74, 6) is 0.531. The number of nitrogens with zero attached hydrogens (tertiary/aromatic N) is 4. The monoisotopic (exact) mass is 402 g/mol. The quantitative estimate of drug-likeness (QED) is 0.461. The number of alkyl halides is 1. The molecule has 2 rings (SSSR count). The van der Waals surface area contributed by atoms with Gasteiger partial charge in [-0.1, -0.05) is 13.0 Å². The molecule has 0 unspecified atom stereocenters. The second kappa shape index (κ2) is 10.2. The highest BCUT2D eigenvalue weighted by Crippen LogP contribution is 2.26. The molecule has 0 aliphatic rings. The van der Waals surface area contributed by atoms with Crippen LogP contribution >= 0.6 is 0 Å². The summed E-state index contributed by atoms with van der Waals surface area (Å²) in [7, 11) is 0. The fraction of sp³-hybridized carbons (Fsp3) is 0.500. The van der Waals surface area contributed by atoms with Crippen molar-refractivity contribution in [2.24, 2.45) is 0 Å². The second-order valence-corrected chi connectivity index (χ2v) is 6.92. The van der Waals surface area contributed by atoms with Gasteiger partial charge in [-0.15, -0.1) is 0 Å². The van der Waals surface area contributed by atoms with Crippen LogP contribution in [0.25, 0.3) is 11.2 Å². The Morgan fingerprint density at radius 3 is 2.52 bits per heavy atom. The Bertz CT molecular complexity index is 927. The Balaban J connectivity index is 2.63. The maximum Gasteiger partial charge on any atom is 0.228 e. The lowest BCUT2D eigenvalue weighted by molar-refractivity contribution is -0.130. The van der Waals surface area contributed by atoms with Crippen LogP contribution in [0.3, 0.4) is 0 Å². The molecular formula is C22H31FN4O2. The molecule has 0 spiro atoms. The van der Waals surface area contributed by atoms with Gasteiger partial charge in [0.05, 0.1) is 17.9 Å². The first kappa shape index (κ1) is 22.6. The average molecular weight is 403 g/mol. The van der Waals surface area contributed by atoms with Crippen molar-refractivity contribution < 1.29 is 13.9 Å². The molecule has 158 valence electrons. The minimum absolute atomic E-state index is 0.0510. The minimum Gasteiger partial charge on any atom is -0.468 e. The summed E-state index contributed by atoms with van der Waals surface area (Å²) in [6.07, 6.45) is 4.54. The van der Waals surface area contributed by atoms with Crippen LogP contribution in [0.5, 0.6) is 0 Å². The summed E-state index contributed by atoms with van der Waals surface area (Å²) < 4.78 is 19.1. The van der Waals surface area contributed by atoms with E-state index < -0.39 is 6.86 Å². The number of ether oxygens (including phenoxy) is 1. The molecule has 0 saturated heterocycles. The Morgan fingerprint density at radius 2 is 1.93 bits per heavy atom. The molecule has 2 aromatic rings. The summed E-state index contributed by atoms with van der Waals surface area (Å²) in [5, 5.41) is 4.78. The van der Waals surface area contributed by atoms with E-state index in [1.807, 2.05) is 51.7 Å². The molecule has 2 aromatic heterocycles. The number of fused-ring (bicyclic) bond motifs is 1. The van der Waals surface area contributed by atoms with E-state index in [1.54, 1.807) is 17.5 Å². The predicted octanol–water partition coefficient (Wildman–Crippen LogP) is 4.40. The summed E-state index contributed by atoms with van der Waals surface area (Å²) in [5.41, 5.74) is 5.05. The van der Waals surface area contributed by atoms with Gasteiger partial charge >= 0.3 is 0 Å². The number of aromatic nitrogens is 3. The molecule has 1 amide bonds. The Labute approximate surface area is 172 Å². The number of amides is 1. The molecule has 7 heteroatoms. The number of carbonyl (C=O) groups is 1.